The second-order valence-electron chi connectivity index (χ2n) is 8.84. The predicted octanol–water partition coefficient (Wildman–Crippen LogP) is 4.63. The number of rotatable bonds is 6. The number of thioether (sulfide) groups is 1. The number of carbonyl (C=O) groups excluding carboxylic acids is 1. The van der Waals surface area contributed by atoms with Crippen molar-refractivity contribution in [2.75, 3.05) is 0 Å². The van der Waals surface area contributed by atoms with E-state index in [1.165, 1.54) is 11.8 Å². The normalized spacial score (nSPS) is 12.8. The Hall–Kier alpha value is -3.27. The van der Waals surface area contributed by atoms with Gasteiger partial charge in [0.15, 0.2) is 11.9 Å². The Bertz CT molecular complexity index is 1310. The lowest BCUT2D eigenvalue weighted by Gasteiger charge is -2.13. The number of fused-ring (bicyclic) bond motifs is 1. The molecule has 4 rings (SSSR count). The van der Waals surface area contributed by atoms with Crippen molar-refractivity contribution < 1.29 is 14.1 Å². The van der Waals surface area contributed by atoms with Crippen LogP contribution in [0, 0.1) is 13.8 Å². The second kappa shape index (κ2) is 8.93. The summed E-state index contributed by atoms with van der Waals surface area (Å²) in [5.41, 5.74) is 2.89. The summed E-state index contributed by atoms with van der Waals surface area (Å²) in [6.07, 6.45) is -0.667. The lowest BCUT2D eigenvalue weighted by atomic mass is 9.96. The zero-order chi connectivity index (χ0) is 23.8. The number of nitrogens with zero attached hydrogens (tertiary/aromatic N) is 6. The van der Waals surface area contributed by atoms with Crippen molar-refractivity contribution in [1.29, 1.82) is 0 Å². The maximum atomic E-state index is 12.9. The van der Waals surface area contributed by atoms with E-state index in [9.17, 15) is 4.79 Å². The molecule has 0 saturated carbocycles. The van der Waals surface area contributed by atoms with Crippen molar-refractivity contribution >= 4 is 23.5 Å². The third-order valence-electron chi connectivity index (χ3n) is 4.94. The lowest BCUT2D eigenvalue weighted by molar-refractivity contribution is 0.0264. The highest BCUT2D eigenvalue weighted by molar-refractivity contribution is 7.98. The first-order chi connectivity index (χ1) is 15.6. The summed E-state index contributed by atoms with van der Waals surface area (Å²) in [6, 6.07) is 9.28. The highest BCUT2D eigenvalue weighted by Crippen LogP contribution is 2.26. The van der Waals surface area contributed by atoms with Crippen LogP contribution < -0.4 is 0 Å². The van der Waals surface area contributed by atoms with Gasteiger partial charge in [0.05, 0.1) is 5.56 Å². The fourth-order valence-corrected chi connectivity index (χ4v) is 4.00. The summed E-state index contributed by atoms with van der Waals surface area (Å²) in [6.45, 7) is 11.6. The molecule has 0 aliphatic heterocycles. The number of ether oxygens (including phenoxy) is 1. The van der Waals surface area contributed by atoms with Gasteiger partial charge >= 0.3 is 5.97 Å². The molecule has 1 aromatic carbocycles. The molecule has 172 valence electrons. The van der Waals surface area contributed by atoms with Crippen LogP contribution in [0.2, 0.25) is 0 Å². The quantitative estimate of drug-likeness (QED) is 0.297. The number of esters is 1. The Kier molecular flexibility index (Phi) is 6.20. The molecule has 3 heterocycles. The average molecular weight is 467 g/mol. The van der Waals surface area contributed by atoms with E-state index in [4.69, 9.17) is 9.26 Å². The largest absolute Gasteiger partial charge is 0.449 e. The van der Waals surface area contributed by atoms with Crippen LogP contribution in [0.4, 0.5) is 0 Å². The number of aryl methyl sites for hydroxylation is 2. The molecule has 0 N–H and O–H groups in total. The number of aromatic nitrogens is 6. The van der Waals surface area contributed by atoms with Crippen LogP contribution in [0.25, 0.3) is 5.78 Å². The highest BCUT2D eigenvalue weighted by atomic mass is 32.2. The molecule has 33 heavy (non-hydrogen) atoms. The van der Waals surface area contributed by atoms with Gasteiger partial charge in [0.25, 0.3) is 11.7 Å². The molecular weight excluding hydrogens is 440 g/mol. The van der Waals surface area contributed by atoms with Gasteiger partial charge in [0.1, 0.15) is 0 Å². The van der Waals surface area contributed by atoms with Gasteiger partial charge in [-0.25, -0.2) is 14.3 Å². The monoisotopic (exact) mass is 466 g/mol. The molecule has 0 bridgehead atoms. The second-order valence-corrected chi connectivity index (χ2v) is 9.79. The molecule has 0 aliphatic carbocycles. The van der Waals surface area contributed by atoms with Gasteiger partial charge in [0, 0.05) is 22.6 Å². The molecule has 3 aromatic heterocycles. The van der Waals surface area contributed by atoms with E-state index in [1.807, 2.05) is 52.8 Å². The van der Waals surface area contributed by atoms with E-state index >= 15 is 0 Å². The van der Waals surface area contributed by atoms with Gasteiger partial charge in [-0.05, 0) is 38.5 Å². The van der Waals surface area contributed by atoms with Gasteiger partial charge in [-0.1, -0.05) is 55.9 Å². The summed E-state index contributed by atoms with van der Waals surface area (Å²) >= 11 is 1.44. The Labute approximate surface area is 196 Å². The summed E-state index contributed by atoms with van der Waals surface area (Å²) < 4.78 is 12.6. The lowest BCUT2D eigenvalue weighted by Crippen LogP contribution is -2.14. The molecular formula is C23H26N6O3S. The first-order valence-corrected chi connectivity index (χ1v) is 11.6. The molecule has 0 saturated heterocycles. The fourth-order valence-electron chi connectivity index (χ4n) is 3.18. The van der Waals surface area contributed by atoms with Gasteiger partial charge in [-0.3, -0.25) is 0 Å². The summed E-state index contributed by atoms with van der Waals surface area (Å²) in [5, 5.41) is 9.10. The van der Waals surface area contributed by atoms with Crippen LogP contribution in [0.5, 0.6) is 0 Å². The molecule has 0 spiro atoms. The van der Waals surface area contributed by atoms with Gasteiger partial charge < -0.3 is 9.26 Å². The van der Waals surface area contributed by atoms with Crippen LogP contribution in [-0.4, -0.2) is 35.7 Å². The Morgan fingerprint density at radius 1 is 1.18 bits per heavy atom. The summed E-state index contributed by atoms with van der Waals surface area (Å²) in [7, 11) is 0. The SMILES string of the molecule is Cc1cc(C)n2nc(SCc3ccccc3C(=O)OC(C)c3nc(C(C)(C)C)no3)nc2n1. The van der Waals surface area contributed by atoms with Crippen molar-refractivity contribution in [3.05, 3.63) is 64.6 Å². The van der Waals surface area contributed by atoms with Crippen molar-refractivity contribution in [1.82, 2.24) is 29.7 Å². The Balaban J connectivity index is 1.47. The first-order valence-electron chi connectivity index (χ1n) is 10.6. The van der Waals surface area contributed by atoms with Crippen LogP contribution >= 0.6 is 11.8 Å². The molecule has 0 amide bonds. The van der Waals surface area contributed by atoms with Gasteiger partial charge in [-0.2, -0.15) is 9.97 Å². The van der Waals surface area contributed by atoms with E-state index in [2.05, 4.69) is 25.2 Å². The van der Waals surface area contributed by atoms with Crippen LogP contribution in [0.15, 0.2) is 40.0 Å². The smallest absolute Gasteiger partial charge is 0.339 e. The summed E-state index contributed by atoms with van der Waals surface area (Å²) in [4.78, 5) is 26.2. The minimum Gasteiger partial charge on any atom is -0.449 e. The topological polar surface area (TPSA) is 108 Å². The minimum absolute atomic E-state index is 0.256. The van der Waals surface area contributed by atoms with Crippen LogP contribution in [-0.2, 0) is 15.9 Å². The van der Waals surface area contributed by atoms with Gasteiger partial charge in [-0.15, -0.1) is 5.10 Å². The fraction of sp³-hybridized carbons (Fsp3) is 0.391. The predicted molar refractivity (Wildman–Crippen MR) is 123 cm³/mol. The Morgan fingerprint density at radius 3 is 2.67 bits per heavy atom. The van der Waals surface area contributed by atoms with E-state index in [0.717, 1.165) is 17.0 Å². The molecule has 1 unspecified atom stereocenters. The maximum absolute atomic E-state index is 12.9. The minimum atomic E-state index is -0.667. The van der Waals surface area contributed by atoms with Crippen LogP contribution in [0.3, 0.4) is 0 Å². The molecule has 0 radical (unpaired) electrons. The molecule has 4 aromatic rings. The molecule has 0 fully saturated rings. The standard InChI is InChI=1S/C23H26N6O3S/c1-13-11-14(2)29-21(24-13)26-22(27-29)33-12-16-9-7-8-10-17(16)19(30)31-15(3)18-25-20(28-32-18)23(4,5)6/h7-11,15H,12H2,1-6H3. The van der Waals surface area contributed by atoms with E-state index < -0.39 is 12.1 Å². The zero-order valence-corrected chi connectivity index (χ0v) is 20.3. The third-order valence-corrected chi connectivity index (χ3v) is 5.82. The highest BCUT2D eigenvalue weighted by Gasteiger charge is 2.25. The molecule has 1 atom stereocenters. The number of carbonyl (C=O) groups is 1. The zero-order valence-electron chi connectivity index (χ0n) is 19.5. The number of benzene rings is 1. The van der Waals surface area contributed by atoms with E-state index in [0.29, 0.717) is 28.1 Å². The van der Waals surface area contributed by atoms with E-state index in [-0.39, 0.29) is 11.3 Å². The average Bonchev–Trinajstić information content (AvgIpc) is 3.40. The number of hydrogen-bond donors (Lipinski definition) is 0. The van der Waals surface area contributed by atoms with Crippen molar-refractivity contribution in [2.45, 2.75) is 64.0 Å². The maximum Gasteiger partial charge on any atom is 0.339 e. The van der Waals surface area contributed by atoms with Gasteiger partial charge in [0.2, 0.25) is 5.16 Å². The molecule has 9 nitrogen and oxygen atoms in total. The molecule has 0 aliphatic rings. The number of hydrogen-bond acceptors (Lipinski definition) is 9. The molecule has 10 heteroatoms. The third kappa shape index (κ3) is 5.05. The summed E-state index contributed by atoms with van der Waals surface area (Å²) in [5.74, 6) is 1.45. The van der Waals surface area contributed by atoms with Crippen molar-refractivity contribution in [3.63, 3.8) is 0 Å². The first kappa shape index (κ1) is 22.9. The van der Waals surface area contributed by atoms with Crippen molar-refractivity contribution in [3.8, 4) is 0 Å². The van der Waals surface area contributed by atoms with Crippen LogP contribution in [0.1, 0.15) is 72.8 Å². The Morgan fingerprint density at radius 2 is 1.94 bits per heavy atom. The van der Waals surface area contributed by atoms with E-state index in [1.54, 1.807) is 23.6 Å². The van der Waals surface area contributed by atoms with Crippen molar-refractivity contribution in [2.24, 2.45) is 0 Å².